The number of primary amides is 1. The summed E-state index contributed by atoms with van der Waals surface area (Å²) >= 11 is 0. The summed E-state index contributed by atoms with van der Waals surface area (Å²) in [7, 11) is 0. The van der Waals surface area contributed by atoms with Crippen LogP contribution in [0.25, 0.3) is 0 Å². The lowest BCUT2D eigenvalue weighted by molar-refractivity contribution is -0.119. The lowest BCUT2D eigenvalue weighted by Gasteiger charge is -2.30. The van der Waals surface area contributed by atoms with Gasteiger partial charge in [-0.1, -0.05) is 38.3 Å². The number of hydrogen-bond acceptors (Lipinski definition) is 11. The van der Waals surface area contributed by atoms with Crippen molar-refractivity contribution in [3.8, 4) is 5.75 Å². The highest BCUT2D eigenvalue weighted by Crippen LogP contribution is 2.15. The molecule has 13 nitrogen and oxygen atoms in total. The lowest BCUT2D eigenvalue weighted by Crippen LogP contribution is -2.50. The summed E-state index contributed by atoms with van der Waals surface area (Å²) < 4.78 is 5.90. The first kappa shape index (κ1) is 36.0. The van der Waals surface area contributed by atoms with Crippen LogP contribution in [0.15, 0.2) is 36.7 Å². The molecule has 0 radical (unpaired) electrons. The Balaban J connectivity index is 1.76. The number of nitrogens with two attached hydrogens (primary N) is 1. The van der Waals surface area contributed by atoms with Crippen molar-refractivity contribution in [2.24, 2.45) is 5.73 Å². The van der Waals surface area contributed by atoms with Gasteiger partial charge in [0.25, 0.3) is 11.8 Å². The molecule has 0 unspecified atom stereocenters. The normalized spacial score (nSPS) is 14.2. The molecule has 0 aliphatic carbocycles. The number of nitrogens with one attached hydrogen (secondary N) is 1. The van der Waals surface area contributed by atoms with E-state index in [0.717, 1.165) is 50.5 Å². The third-order valence-corrected chi connectivity index (χ3v) is 7.02. The predicted molar refractivity (Wildman–Crippen MR) is 159 cm³/mol. The number of aliphatic hydroxyl groups excluding tert-OH is 5. The number of aliphatic hydroxyl groups is 5. The van der Waals surface area contributed by atoms with Gasteiger partial charge in [-0.3, -0.25) is 14.5 Å². The number of aromatic nitrogens is 2. The van der Waals surface area contributed by atoms with Crippen LogP contribution in [0.3, 0.4) is 0 Å². The highest BCUT2D eigenvalue weighted by atomic mass is 16.5. The second-order valence-electron chi connectivity index (χ2n) is 10.5. The molecule has 0 saturated carbocycles. The minimum atomic E-state index is -1.66. The quantitative estimate of drug-likeness (QED) is 0.0890. The number of aryl methyl sites for hydroxylation is 1. The number of benzene rings is 1. The van der Waals surface area contributed by atoms with Gasteiger partial charge in [0.15, 0.2) is 11.4 Å². The molecule has 4 atom stereocenters. The molecule has 2 amide bonds. The molecule has 13 heteroatoms. The summed E-state index contributed by atoms with van der Waals surface area (Å²) in [6.45, 7) is 3.40. The third-order valence-electron chi connectivity index (χ3n) is 7.02. The van der Waals surface area contributed by atoms with Crippen molar-refractivity contribution in [3.05, 3.63) is 53.6 Å². The van der Waals surface area contributed by atoms with Gasteiger partial charge < -0.3 is 41.3 Å². The Kier molecular flexibility index (Phi) is 16.6. The monoisotopic (exact) mass is 605 g/mol. The zero-order valence-electron chi connectivity index (χ0n) is 24.8. The van der Waals surface area contributed by atoms with E-state index in [1.54, 1.807) is 0 Å². The molecular weight excluding hydrogens is 558 g/mol. The number of ether oxygens (including phenoxy) is 1. The van der Waals surface area contributed by atoms with E-state index in [-0.39, 0.29) is 17.9 Å². The van der Waals surface area contributed by atoms with Gasteiger partial charge in [-0.05, 0) is 49.9 Å². The summed E-state index contributed by atoms with van der Waals surface area (Å²) in [5, 5.41) is 51.9. The molecule has 0 fully saturated rings. The van der Waals surface area contributed by atoms with Gasteiger partial charge in [0, 0.05) is 32.0 Å². The van der Waals surface area contributed by atoms with Crippen molar-refractivity contribution >= 4 is 11.8 Å². The predicted octanol–water partition coefficient (Wildman–Crippen LogP) is 0.0252. The van der Waals surface area contributed by atoms with Crippen LogP contribution in [-0.2, 0) is 6.42 Å². The third kappa shape index (κ3) is 12.9. The highest BCUT2D eigenvalue weighted by Gasteiger charge is 2.31. The molecule has 0 spiro atoms. The molecule has 1 aromatic carbocycles. The fraction of sp³-hybridized carbons (Fsp3) is 0.600. The average molecular weight is 606 g/mol. The first-order valence-electron chi connectivity index (χ1n) is 14.8. The maximum atomic E-state index is 12.3. The zero-order chi connectivity index (χ0) is 31.6. The smallest absolute Gasteiger partial charge is 0.272 e. The molecule has 240 valence electrons. The van der Waals surface area contributed by atoms with Gasteiger partial charge in [-0.25, -0.2) is 9.97 Å². The molecule has 2 rings (SSSR count). The van der Waals surface area contributed by atoms with Crippen LogP contribution in [0.2, 0.25) is 0 Å². The molecule has 1 aromatic heterocycles. The minimum Gasteiger partial charge on any atom is -0.492 e. The van der Waals surface area contributed by atoms with Crippen molar-refractivity contribution in [1.82, 2.24) is 20.2 Å². The molecule has 1 heterocycles. The van der Waals surface area contributed by atoms with Crippen molar-refractivity contribution in [1.29, 1.82) is 0 Å². The first-order chi connectivity index (χ1) is 20.7. The molecular formula is C30H47N5O8. The second kappa shape index (κ2) is 19.9. The van der Waals surface area contributed by atoms with E-state index >= 15 is 0 Å². The SMILES string of the molecule is CCCCCCN(CCOc1ccc(CCCCNC(=O)c2nccnc2C(N)=O)cc1)C[C@H](O)[C@@H](O)[C@H](O)[C@H](O)CO. The number of rotatable bonds is 22. The standard InChI is InChI=1S/C30H47N5O8/c1-2-3-4-7-16-35(19-23(37)27(39)28(40)24(38)20-36)17-18-43-22-11-9-21(10-12-22)8-5-6-13-34-30(42)26-25(29(31)41)32-14-15-33-26/h9-12,14-15,23-24,27-28,36-40H,2-8,13,16-20H2,1H3,(H2,31,41)(H,34,42)/t23-,24+,27+,28+/m0/s1. The van der Waals surface area contributed by atoms with Crippen LogP contribution >= 0.6 is 0 Å². The maximum Gasteiger partial charge on any atom is 0.272 e. The van der Waals surface area contributed by atoms with Gasteiger partial charge in [0.1, 0.15) is 30.7 Å². The van der Waals surface area contributed by atoms with Crippen LogP contribution in [0.5, 0.6) is 5.75 Å². The largest absolute Gasteiger partial charge is 0.492 e. The van der Waals surface area contributed by atoms with Crippen LogP contribution in [0.1, 0.15) is 72.0 Å². The lowest BCUT2D eigenvalue weighted by atomic mass is 10.0. The van der Waals surface area contributed by atoms with E-state index in [0.29, 0.717) is 32.0 Å². The molecule has 0 aliphatic heterocycles. The highest BCUT2D eigenvalue weighted by molar-refractivity contribution is 6.03. The Bertz CT molecular complexity index is 1090. The first-order valence-corrected chi connectivity index (χ1v) is 14.8. The Hall–Kier alpha value is -3.20. The van der Waals surface area contributed by atoms with E-state index in [4.69, 9.17) is 15.6 Å². The molecule has 0 saturated heterocycles. The van der Waals surface area contributed by atoms with E-state index in [9.17, 15) is 30.0 Å². The number of hydrogen-bond donors (Lipinski definition) is 7. The van der Waals surface area contributed by atoms with Crippen LogP contribution in [-0.4, -0.2) is 116 Å². The van der Waals surface area contributed by atoms with Crippen molar-refractivity contribution in [2.75, 3.05) is 39.4 Å². The summed E-state index contributed by atoms with van der Waals surface area (Å²) in [6, 6.07) is 7.72. The van der Waals surface area contributed by atoms with Gasteiger partial charge in [0.05, 0.1) is 12.7 Å². The van der Waals surface area contributed by atoms with Gasteiger partial charge >= 0.3 is 0 Å². The fourth-order valence-electron chi connectivity index (χ4n) is 4.46. The molecule has 0 aliphatic rings. The summed E-state index contributed by atoms with van der Waals surface area (Å²) in [4.78, 5) is 33.4. The minimum absolute atomic E-state index is 0.0797. The summed E-state index contributed by atoms with van der Waals surface area (Å²) in [6.07, 6.45) is 3.01. The van der Waals surface area contributed by atoms with E-state index in [1.807, 2.05) is 29.2 Å². The Morgan fingerprint density at radius 1 is 0.907 bits per heavy atom. The maximum absolute atomic E-state index is 12.3. The number of nitrogens with zero attached hydrogens (tertiary/aromatic N) is 3. The Labute approximate surface area is 252 Å². The number of amides is 2. The summed E-state index contributed by atoms with van der Waals surface area (Å²) in [5.74, 6) is -0.610. The second-order valence-corrected chi connectivity index (χ2v) is 10.5. The van der Waals surface area contributed by atoms with Crippen LogP contribution in [0, 0.1) is 0 Å². The van der Waals surface area contributed by atoms with E-state index in [2.05, 4.69) is 22.2 Å². The van der Waals surface area contributed by atoms with Crippen LogP contribution in [0.4, 0.5) is 0 Å². The van der Waals surface area contributed by atoms with Gasteiger partial charge in [-0.15, -0.1) is 0 Å². The van der Waals surface area contributed by atoms with E-state index in [1.165, 1.54) is 12.4 Å². The molecule has 0 bridgehead atoms. The zero-order valence-corrected chi connectivity index (χ0v) is 24.8. The fourth-order valence-corrected chi connectivity index (χ4v) is 4.46. The van der Waals surface area contributed by atoms with Crippen molar-refractivity contribution in [3.63, 3.8) is 0 Å². The average Bonchev–Trinajstić information content (AvgIpc) is 3.02. The van der Waals surface area contributed by atoms with Crippen molar-refractivity contribution in [2.45, 2.75) is 76.3 Å². The van der Waals surface area contributed by atoms with Gasteiger partial charge in [0.2, 0.25) is 0 Å². The van der Waals surface area contributed by atoms with E-state index < -0.39 is 42.8 Å². The molecule has 8 N–H and O–H groups in total. The topological polar surface area (TPSA) is 212 Å². The Morgan fingerprint density at radius 3 is 2.23 bits per heavy atom. The number of unbranched alkanes of at least 4 members (excludes halogenated alkanes) is 4. The molecule has 2 aromatic rings. The van der Waals surface area contributed by atoms with Gasteiger partial charge in [-0.2, -0.15) is 0 Å². The van der Waals surface area contributed by atoms with Crippen molar-refractivity contribution < 1.29 is 39.9 Å². The van der Waals surface area contributed by atoms with Crippen LogP contribution < -0.4 is 15.8 Å². The summed E-state index contributed by atoms with van der Waals surface area (Å²) in [5.41, 5.74) is 6.11. The molecule has 43 heavy (non-hydrogen) atoms. The number of carbonyl (C=O) groups excluding carboxylic acids is 2. The Morgan fingerprint density at radius 2 is 1.58 bits per heavy atom. The number of carbonyl (C=O) groups is 2.